The maximum absolute atomic E-state index is 12.3. The van der Waals surface area contributed by atoms with E-state index in [2.05, 4.69) is 5.32 Å². The minimum atomic E-state index is -1.04. The first kappa shape index (κ1) is 19.1. The number of hydrogen-bond acceptors (Lipinski definition) is 6. The molecule has 27 heavy (non-hydrogen) atoms. The Labute approximate surface area is 165 Å². The lowest BCUT2D eigenvalue weighted by Gasteiger charge is -2.15. The van der Waals surface area contributed by atoms with Gasteiger partial charge in [0.1, 0.15) is 0 Å². The molecule has 1 unspecified atom stereocenters. The van der Waals surface area contributed by atoms with E-state index < -0.39 is 18.0 Å². The molecule has 1 aliphatic heterocycles. The number of fused-ring (bicyclic) bond motifs is 1. The lowest BCUT2D eigenvalue weighted by Crippen LogP contribution is -2.35. The summed E-state index contributed by atoms with van der Waals surface area (Å²) in [5.41, 5.74) is 6.63. The number of nitrogens with one attached hydrogen (secondary N) is 1. The Balaban J connectivity index is 1.58. The van der Waals surface area contributed by atoms with Gasteiger partial charge in [-0.25, -0.2) is 4.79 Å². The zero-order valence-electron chi connectivity index (χ0n) is 14.3. The standard InChI is InChI=1S/C18H16Cl2N2O5/c1-9(27-18(24)12-5-11(19)6-13(20)16(12)21)17(23)22-7-10-2-3-14-15(4-10)26-8-25-14/h2-6,9H,7-8,21H2,1H3,(H,22,23). The highest BCUT2D eigenvalue weighted by Crippen LogP contribution is 2.32. The SMILES string of the molecule is CC(OC(=O)c1cc(Cl)cc(Cl)c1N)C(=O)NCc1ccc2c(c1)OCO2. The van der Waals surface area contributed by atoms with Crippen LogP contribution in [0.25, 0.3) is 0 Å². The van der Waals surface area contributed by atoms with E-state index in [0.717, 1.165) is 5.56 Å². The molecule has 1 atom stereocenters. The number of esters is 1. The number of amides is 1. The molecule has 2 aromatic carbocycles. The fourth-order valence-electron chi connectivity index (χ4n) is 2.42. The average Bonchev–Trinajstić information content (AvgIpc) is 3.10. The minimum Gasteiger partial charge on any atom is -0.454 e. The monoisotopic (exact) mass is 410 g/mol. The molecular weight excluding hydrogens is 395 g/mol. The molecule has 3 N–H and O–H groups in total. The Kier molecular flexibility index (Phi) is 5.62. The Bertz CT molecular complexity index is 904. The first-order valence-corrected chi connectivity index (χ1v) is 8.72. The van der Waals surface area contributed by atoms with Gasteiger partial charge < -0.3 is 25.3 Å². The minimum absolute atomic E-state index is 0.00270. The maximum Gasteiger partial charge on any atom is 0.341 e. The number of halogens is 2. The first-order valence-electron chi connectivity index (χ1n) is 7.97. The van der Waals surface area contributed by atoms with Crippen molar-refractivity contribution in [1.29, 1.82) is 0 Å². The van der Waals surface area contributed by atoms with Crippen LogP contribution in [-0.4, -0.2) is 24.8 Å². The molecule has 0 spiro atoms. The highest BCUT2D eigenvalue weighted by molar-refractivity contribution is 6.37. The number of nitrogen functional groups attached to an aromatic ring is 1. The number of carbonyl (C=O) groups excluding carboxylic acids is 2. The molecule has 142 valence electrons. The second kappa shape index (κ2) is 7.94. The predicted octanol–water partition coefficient (Wildman–Crippen LogP) is 3.17. The summed E-state index contributed by atoms with van der Waals surface area (Å²) in [5.74, 6) is 0.0232. The molecule has 7 nitrogen and oxygen atoms in total. The molecule has 0 bridgehead atoms. The van der Waals surface area contributed by atoms with Crippen LogP contribution < -0.4 is 20.5 Å². The van der Waals surface area contributed by atoms with Crippen molar-refractivity contribution in [3.63, 3.8) is 0 Å². The van der Waals surface area contributed by atoms with Crippen LogP contribution >= 0.6 is 23.2 Å². The molecule has 1 aliphatic rings. The van der Waals surface area contributed by atoms with Crippen LogP contribution in [0, 0.1) is 0 Å². The molecular formula is C18H16Cl2N2O5. The van der Waals surface area contributed by atoms with E-state index in [-0.39, 0.29) is 34.6 Å². The summed E-state index contributed by atoms with van der Waals surface area (Å²) in [7, 11) is 0. The summed E-state index contributed by atoms with van der Waals surface area (Å²) in [5, 5.41) is 3.06. The molecule has 1 heterocycles. The topological polar surface area (TPSA) is 99.9 Å². The van der Waals surface area contributed by atoms with Gasteiger partial charge in [0.2, 0.25) is 6.79 Å². The van der Waals surface area contributed by atoms with Crippen molar-refractivity contribution in [2.45, 2.75) is 19.6 Å². The molecule has 0 radical (unpaired) electrons. The van der Waals surface area contributed by atoms with Crippen LogP contribution in [0.5, 0.6) is 11.5 Å². The van der Waals surface area contributed by atoms with Gasteiger partial charge in [0.05, 0.1) is 16.3 Å². The predicted molar refractivity (Wildman–Crippen MR) is 100 cm³/mol. The zero-order valence-corrected chi connectivity index (χ0v) is 15.8. The van der Waals surface area contributed by atoms with E-state index in [1.807, 2.05) is 0 Å². The van der Waals surface area contributed by atoms with E-state index >= 15 is 0 Å². The number of hydrogen-bond donors (Lipinski definition) is 2. The molecule has 0 saturated heterocycles. The number of ether oxygens (including phenoxy) is 3. The number of rotatable bonds is 5. The molecule has 1 amide bonds. The maximum atomic E-state index is 12.3. The van der Waals surface area contributed by atoms with Gasteiger partial charge in [0.25, 0.3) is 5.91 Å². The van der Waals surface area contributed by atoms with Crippen molar-refractivity contribution in [3.05, 3.63) is 51.5 Å². The van der Waals surface area contributed by atoms with Crippen molar-refractivity contribution >= 4 is 40.8 Å². The van der Waals surface area contributed by atoms with E-state index in [1.165, 1.54) is 19.1 Å². The second-order valence-electron chi connectivity index (χ2n) is 5.80. The summed E-state index contributed by atoms with van der Waals surface area (Å²) in [6, 6.07) is 8.09. The summed E-state index contributed by atoms with van der Waals surface area (Å²) in [4.78, 5) is 24.5. The van der Waals surface area contributed by atoms with Gasteiger partial charge >= 0.3 is 5.97 Å². The van der Waals surface area contributed by atoms with E-state index in [9.17, 15) is 9.59 Å². The van der Waals surface area contributed by atoms with Gasteiger partial charge in [-0.2, -0.15) is 0 Å². The van der Waals surface area contributed by atoms with Gasteiger partial charge in [0.15, 0.2) is 17.6 Å². The van der Waals surface area contributed by atoms with E-state index in [1.54, 1.807) is 18.2 Å². The highest BCUT2D eigenvalue weighted by atomic mass is 35.5. The fourth-order valence-corrected chi connectivity index (χ4v) is 2.91. The van der Waals surface area contributed by atoms with Gasteiger partial charge in [-0.1, -0.05) is 29.3 Å². The molecule has 2 aromatic rings. The van der Waals surface area contributed by atoms with Crippen molar-refractivity contribution in [2.75, 3.05) is 12.5 Å². The highest BCUT2D eigenvalue weighted by Gasteiger charge is 2.22. The molecule has 0 aromatic heterocycles. The van der Waals surface area contributed by atoms with Crippen LogP contribution in [0.2, 0.25) is 10.0 Å². The van der Waals surface area contributed by atoms with Gasteiger partial charge in [0, 0.05) is 11.6 Å². The van der Waals surface area contributed by atoms with Crippen molar-refractivity contribution in [2.24, 2.45) is 0 Å². The zero-order chi connectivity index (χ0) is 19.6. The number of nitrogens with two attached hydrogens (primary N) is 1. The third-order valence-corrected chi connectivity index (χ3v) is 4.40. The Morgan fingerprint density at radius 3 is 2.74 bits per heavy atom. The van der Waals surface area contributed by atoms with Crippen LogP contribution in [0.3, 0.4) is 0 Å². The fraction of sp³-hybridized carbons (Fsp3) is 0.222. The van der Waals surface area contributed by atoms with Crippen LogP contribution in [0.15, 0.2) is 30.3 Å². The van der Waals surface area contributed by atoms with Crippen LogP contribution in [0.4, 0.5) is 5.69 Å². The van der Waals surface area contributed by atoms with E-state index in [4.69, 9.17) is 43.1 Å². The van der Waals surface area contributed by atoms with Crippen LogP contribution in [-0.2, 0) is 16.1 Å². The van der Waals surface area contributed by atoms with Crippen molar-refractivity contribution < 1.29 is 23.8 Å². The normalized spacial score (nSPS) is 13.1. The summed E-state index contributed by atoms with van der Waals surface area (Å²) in [6.45, 7) is 1.87. The summed E-state index contributed by atoms with van der Waals surface area (Å²) in [6.07, 6.45) is -1.04. The third kappa shape index (κ3) is 4.37. The second-order valence-corrected chi connectivity index (χ2v) is 6.65. The molecule has 0 aliphatic carbocycles. The Hall–Kier alpha value is -2.64. The lowest BCUT2D eigenvalue weighted by molar-refractivity contribution is -0.129. The van der Waals surface area contributed by atoms with Crippen molar-refractivity contribution in [1.82, 2.24) is 5.32 Å². The van der Waals surface area contributed by atoms with E-state index in [0.29, 0.717) is 11.5 Å². The van der Waals surface area contributed by atoms with Gasteiger partial charge in [-0.3, -0.25) is 4.79 Å². The first-order chi connectivity index (χ1) is 12.8. The Morgan fingerprint density at radius 2 is 1.96 bits per heavy atom. The molecule has 0 saturated carbocycles. The molecule has 9 heteroatoms. The van der Waals surface area contributed by atoms with Crippen molar-refractivity contribution in [3.8, 4) is 11.5 Å². The smallest absolute Gasteiger partial charge is 0.341 e. The molecule has 0 fully saturated rings. The summed E-state index contributed by atoms with van der Waals surface area (Å²) < 4.78 is 15.7. The third-order valence-electron chi connectivity index (χ3n) is 3.87. The lowest BCUT2D eigenvalue weighted by atomic mass is 10.2. The largest absolute Gasteiger partial charge is 0.454 e. The van der Waals surface area contributed by atoms with Gasteiger partial charge in [-0.05, 0) is 36.8 Å². The van der Waals surface area contributed by atoms with Crippen LogP contribution in [0.1, 0.15) is 22.8 Å². The summed E-state index contributed by atoms with van der Waals surface area (Å²) >= 11 is 11.8. The number of carbonyl (C=O) groups is 2. The average molecular weight is 411 g/mol. The Morgan fingerprint density at radius 1 is 1.22 bits per heavy atom. The molecule has 3 rings (SSSR count). The number of anilines is 1. The van der Waals surface area contributed by atoms with Gasteiger partial charge in [-0.15, -0.1) is 0 Å². The number of benzene rings is 2. The quantitative estimate of drug-likeness (QED) is 0.579.